The van der Waals surface area contributed by atoms with Crippen molar-refractivity contribution in [3.8, 4) is 0 Å². The van der Waals surface area contributed by atoms with E-state index in [1.165, 1.54) is 12.8 Å². The zero-order valence-electron chi connectivity index (χ0n) is 11.5. The van der Waals surface area contributed by atoms with Crippen molar-refractivity contribution in [2.24, 2.45) is 5.41 Å². The van der Waals surface area contributed by atoms with Crippen molar-refractivity contribution in [2.45, 2.75) is 45.6 Å². The van der Waals surface area contributed by atoms with Crippen LogP contribution in [0.4, 0.5) is 5.69 Å². The lowest BCUT2D eigenvalue weighted by molar-refractivity contribution is 0.0909. The van der Waals surface area contributed by atoms with Gasteiger partial charge in [-0.3, -0.25) is 4.79 Å². The number of nitrogens with one attached hydrogen (secondary N) is 1. The lowest BCUT2D eigenvalue weighted by atomic mass is 9.75. The van der Waals surface area contributed by atoms with Gasteiger partial charge in [-0.2, -0.15) is 0 Å². The Hall–Kier alpha value is -1.03. The van der Waals surface area contributed by atoms with E-state index in [0.717, 1.165) is 17.3 Å². The van der Waals surface area contributed by atoms with Crippen LogP contribution in [0.2, 0.25) is 0 Å². The Balaban J connectivity index is 1.98. The molecule has 1 amide bonds. The highest BCUT2D eigenvalue weighted by Gasteiger charge is 2.27. The molecule has 0 aliphatic heterocycles. The Kier molecular flexibility index (Phi) is 4.19. The highest BCUT2D eigenvalue weighted by Crippen LogP contribution is 2.35. The molecule has 2 rings (SSSR count). The van der Waals surface area contributed by atoms with E-state index in [2.05, 4.69) is 35.1 Å². The molecule has 0 atom stereocenters. The summed E-state index contributed by atoms with van der Waals surface area (Å²) in [4.78, 5) is 12.2. The molecule has 0 saturated heterocycles. The van der Waals surface area contributed by atoms with E-state index in [9.17, 15) is 4.79 Å². The molecule has 3 nitrogen and oxygen atoms in total. The summed E-state index contributed by atoms with van der Waals surface area (Å²) in [7, 11) is 0. The number of halogens is 1. The van der Waals surface area contributed by atoms with Crippen LogP contribution in [-0.4, -0.2) is 11.9 Å². The molecule has 0 unspecified atom stereocenters. The van der Waals surface area contributed by atoms with Gasteiger partial charge in [-0.15, -0.1) is 0 Å². The predicted octanol–water partition coefficient (Wildman–Crippen LogP) is 3.73. The van der Waals surface area contributed by atoms with Crippen molar-refractivity contribution in [2.75, 3.05) is 5.73 Å². The van der Waals surface area contributed by atoms with Gasteiger partial charge in [0.05, 0.1) is 0 Å². The van der Waals surface area contributed by atoms with E-state index in [-0.39, 0.29) is 5.91 Å². The molecule has 1 aliphatic rings. The predicted molar refractivity (Wildman–Crippen MR) is 82.1 cm³/mol. The second-order valence-electron chi connectivity index (χ2n) is 6.19. The number of amides is 1. The zero-order valence-corrected chi connectivity index (χ0v) is 13.1. The maximum atomic E-state index is 12.2. The Bertz CT molecular complexity index is 455. The number of nitrogen functional groups attached to an aromatic ring is 1. The molecule has 0 heterocycles. The molecule has 1 fully saturated rings. The monoisotopic (exact) mass is 324 g/mol. The molecule has 19 heavy (non-hydrogen) atoms. The van der Waals surface area contributed by atoms with Gasteiger partial charge in [0.2, 0.25) is 0 Å². The van der Waals surface area contributed by atoms with Crippen LogP contribution in [0.3, 0.4) is 0 Å². The van der Waals surface area contributed by atoms with Gasteiger partial charge >= 0.3 is 0 Å². The Morgan fingerprint density at radius 1 is 1.32 bits per heavy atom. The van der Waals surface area contributed by atoms with Gasteiger partial charge in [-0.05, 0) is 49.3 Å². The van der Waals surface area contributed by atoms with Gasteiger partial charge in [0, 0.05) is 21.8 Å². The molecule has 0 bridgehead atoms. The first-order chi connectivity index (χ1) is 8.85. The lowest BCUT2D eigenvalue weighted by Gasteiger charge is -2.34. The highest BCUT2D eigenvalue weighted by atomic mass is 79.9. The van der Waals surface area contributed by atoms with Crippen LogP contribution in [0.25, 0.3) is 0 Å². The quantitative estimate of drug-likeness (QED) is 0.814. The van der Waals surface area contributed by atoms with E-state index < -0.39 is 0 Å². The highest BCUT2D eigenvalue weighted by molar-refractivity contribution is 9.10. The van der Waals surface area contributed by atoms with Crippen LogP contribution >= 0.6 is 15.9 Å². The standard InChI is InChI=1S/C15H21BrN2O/c1-15(2)5-3-13(4-6-15)18-14(19)10-7-11(16)9-12(17)8-10/h7-9,13H,3-6,17H2,1-2H3,(H,18,19). The van der Waals surface area contributed by atoms with Crippen molar-refractivity contribution in [3.05, 3.63) is 28.2 Å². The van der Waals surface area contributed by atoms with Crippen LogP contribution < -0.4 is 11.1 Å². The van der Waals surface area contributed by atoms with E-state index in [1.54, 1.807) is 18.2 Å². The minimum Gasteiger partial charge on any atom is -0.399 e. The van der Waals surface area contributed by atoms with Crippen LogP contribution in [0.15, 0.2) is 22.7 Å². The van der Waals surface area contributed by atoms with Gasteiger partial charge < -0.3 is 11.1 Å². The fraction of sp³-hybridized carbons (Fsp3) is 0.533. The van der Waals surface area contributed by atoms with E-state index in [0.29, 0.717) is 22.7 Å². The van der Waals surface area contributed by atoms with Crippen LogP contribution in [0.5, 0.6) is 0 Å². The number of rotatable bonds is 2. The van der Waals surface area contributed by atoms with Crippen LogP contribution in [0.1, 0.15) is 49.9 Å². The van der Waals surface area contributed by atoms with E-state index in [1.807, 2.05) is 0 Å². The summed E-state index contributed by atoms with van der Waals surface area (Å²) in [6.07, 6.45) is 4.45. The third-order valence-electron chi connectivity index (χ3n) is 3.86. The summed E-state index contributed by atoms with van der Waals surface area (Å²) in [6.45, 7) is 4.58. The van der Waals surface area contributed by atoms with E-state index >= 15 is 0 Å². The van der Waals surface area contributed by atoms with Gasteiger partial charge in [-0.25, -0.2) is 0 Å². The second-order valence-corrected chi connectivity index (χ2v) is 7.10. The van der Waals surface area contributed by atoms with Crippen LogP contribution in [-0.2, 0) is 0 Å². The molecular formula is C15H21BrN2O. The van der Waals surface area contributed by atoms with E-state index in [4.69, 9.17) is 5.73 Å². The molecular weight excluding hydrogens is 304 g/mol. The molecule has 4 heteroatoms. The first-order valence-electron chi connectivity index (χ1n) is 6.73. The Labute approximate surface area is 123 Å². The largest absolute Gasteiger partial charge is 0.399 e. The fourth-order valence-electron chi connectivity index (χ4n) is 2.56. The summed E-state index contributed by atoms with van der Waals surface area (Å²) in [5, 5.41) is 3.11. The normalized spacial score (nSPS) is 19.1. The summed E-state index contributed by atoms with van der Waals surface area (Å²) < 4.78 is 0.836. The molecule has 0 spiro atoms. The van der Waals surface area contributed by atoms with Crippen molar-refractivity contribution in [1.29, 1.82) is 0 Å². The summed E-state index contributed by atoms with van der Waals surface area (Å²) in [5.74, 6) is -0.0299. The number of anilines is 1. The minimum absolute atomic E-state index is 0.0299. The minimum atomic E-state index is -0.0299. The number of nitrogens with two attached hydrogens (primary N) is 1. The van der Waals surface area contributed by atoms with Crippen molar-refractivity contribution in [1.82, 2.24) is 5.32 Å². The molecule has 1 aromatic rings. The smallest absolute Gasteiger partial charge is 0.251 e. The molecule has 0 radical (unpaired) electrons. The van der Waals surface area contributed by atoms with Crippen molar-refractivity contribution in [3.63, 3.8) is 0 Å². The number of benzene rings is 1. The van der Waals surface area contributed by atoms with Gasteiger partial charge in [0.1, 0.15) is 0 Å². The summed E-state index contributed by atoms with van der Waals surface area (Å²) in [5.41, 5.74) is 7.40. The molecule has 1 aromatic carbocycles. The second kappa shape index (κ2) is 5.53. The molecule has 1 aliphatic carbocycles. The third-order valence-corrected chi connectivity index (χ3v) is 4.31. The molecule has 0 aromatic heterocycles. The maximum absolute atomic E-state index is 12.2. The first-order valence-corrected chi connectivity index (χ1v) is 7.52. The number of carbonyl (C=O) groups is 1. The number of carbonyl (C=O) groups excluding carboxylic acids is 1. The third kappa shape index (κ3) is 3.96. The van der Waals surface area contributed by atoms with Gasteiger partial charge in [0.15, 0.2) is 0 Å². The van der Waals surface area contributed by atoms with Crippen LogP contribution in [0, 0.1) is 5.41 Å². The van der Waals surface area contributed by atoms with Gasteiger partial charge in [-0.1, -0.05) is 29.8 Å². The molecule has 3 N–H and O–H groups in total. The maximum Gasteiger partial charge on any atom is 0.251 e. The van der Waals surface area contributed by atoms with Crippen molar-refractivity contribution >= 4 is 27.5 Å². The molecule has 104 valence electrons. The first kappa shape index (κ1) is 14.4. The Morgan fingerprint density at radius 3 is 2.53 bits per heavy atom. The van der Waals surface area contributed by atoms with Gasteiger partial charge in [0.25, 0.3) is 5.91 Å². The average Bonchev–Trinajstić information content (AvgIpc) is 2.30. The number of hydrogen-bond acceptors (Lipinski definition) is 2. The van der Waals surface area contributed by atoms with Crippen molar-refractivity contribution < 1.29 is 4.79 Å². The molecule has 1 saturated carbocycles. The topological polar surface area (TPSA) is 55.1 Å². The zero-order chi connectivity index (χ0) is 14.0. The number of hydrogen-bond donors (Lipinski definition) is 2. The Morgan fingerprint density at radius 2 is 1.95 bits per heavy atom. The summed E-state index contributed by atoms with van der Waals surface area (Å²) >= 11 is 3.36. The average molecular weight is 325 g/mol. The fourth-order valence-corrected chi connectivity index (χ4v) is 3.07. The SMILES string of the molecule is CC1(C)CCC(NC(=O)c2cc(N)cc(Br)c2)CC1. The lowest BCUT2D eigenvalue weighted by Crippen LogP contribution is -2.39. The summed E-state index contributed by atoms with van der Waals surface area (Å²) in [6, 6.07) is 5.60.